The Kier molecular flexibility index (Phi) is 8.16. The smallest absolute Gasteiger partial charge is 0.387 e. The number of alkyl halides is 2. The van der Waals surface area contributed by atoms with Gasteiger partial charge in [-0.3, -0.25) is 9.59 Å². The van der Waals surface area contributed by atoms with E-state index in [0.29, 0.717) is 46.7 Å². The van der Waals surface area contributed by atoms with Crippen molar-refractivity contribution in [3.63, 3.8) is 0 Å². The number of aliphatic carboxylic acids is 1. The fraction of sp³-hybridized carbons (Fsp3) is 0.269. The van der Waals surface area contributed by atoms with E-state index in [4.69, 9.17) is 11.6 Å². The van der Waals surface area contributed by atoms with E-state index in [1.165, 1.54) is 28.8 Å². The first-order valence-electron chi connectivity index (χ1n) is 11.7. The third-order valence-electron chi connectivity index (χ3n) is 6.21. The lowest BCUT2D eigenvalue weighted by Gasteiger charge is -2.20. The van der Waals surface area contributed by atoms with Crippen LogP contribution in [-0.4, -0.2) is 33.4 Å². The molecule has 1 aliphatic carbocycles. The molecule has 0 saturated heterocycles. The Morgan fingerprint density at radius 1 is 1.11 bits per heavy atom. The fourth-order valence-electron chi connectivity index (χ4n) is 4.48. The summed E-state index contributed by atoms with van der Waals surface area (Å²) in [5.41, 5.74) is 1.22. The number of pyridine rings is 1. The number of carbonyl (C=O) groups is 2. The monoisotopic (exact) mass is 547 g/mol. The molecule has 1 aliphatic rings. The van der Waals surface area contributed by atoms with Crippen molar-refractivity contribution < 1.29 is 33.3 Å². The van der Waals surface area contributed by atoms with Crippen molar-refractivity contribution in [2.45, 2.75) is 44.9 Å². The molecule has 4 N–H and O–H groups in total. The molecule has 0 radical (unpaired) electrons. The number of ether oxygens (including phenoxy) is 1. The number of hydrogen-bond acceptors (Lipinski definition) is 5. The normalized spacial score (nSPS) is 13.2. The molecule has 3 aromatic rings. The van der Waals surface area contributed by atoms with Gasteiger partial charge in [0, 0.05) is 16.3 Å². The van der Waals surface area contributed by atoms with E-state index in [-0.39, 0.29) is 23.7 Å². The molecule has 4 rings (SSSR count). The van der Waals surface area contributed by atoms with Crippen molar-refractivity contribution in [3.8, 4) is 11.5 Å². The molecule has 38 heavy (non-hydrogen) atoms. The number of anilines is 1. The van der Waals surface area contributed by atoms with Crippen LogP contribution in [0.25, 0.3) is 0 Å². The Balaban J connectivity index is 1.60. The topological polar surface area (TPSA) is 130 Å². The minimum absolute atomic E-state index is 0.131. The van der Waals surface area contributed by atoms with Gasteiger partial charge in [-0.15, -0.1) is 0 Å². The van der Waals surface area contributed by atoms with Crippen molar-refractivity contribution in [3.05, 3.63) is 86.3 Å². The first-order valence-corrected chi connectivity index (χ1v) is 12.1. The molecular weight excluding hydrogens is 524 g/mol. The maximum absolute atomic E-state index is 13.4. The van der Waals surface area contributed by atoms with Gasteiger partial charge in [-0.2, -0.15) is 8.78 Å². The van der Waals surface area contributed by atoms with Crippen LogP contribution in [0, 0.1) is 0 Å². The van der Waals surface area contributed by atoms with Crippen molar-refractivity contribution >= 4 is 29.3 Å². The van der Waals surface area contributed by atoms with Gasteiger partial charge >= 0.3 is 18.6 Å². The number of amides is 2. The van der Waals surface area contributed by atoms with Crippen LogP contribution >= 0.6 is 11.6 Å². The Labute approximate surface area is 220 Å². The number of carbonyl (C=O) groups excluding carboxylic acids is 1. The molecule has 200 valence electrons. The van der Waals surface area contributed by atoms with E-state index in [1.54, 1.807) is 24.3 Å². The summed E-state index contributed by atoms with van der Waals surface area (Å²) in [6, 6.07) is 10.1. The molecule has 2 amide bonds. The van der Waals surface area contributed by atoms with Gasteiger partial charge in [0.1, 0.15) is 11.5 Å². The molecule has 1 atom stereocenters. The molecule has 9 nitrogen and oxygen atoms in total. The molecule has 0 saturated carbocycles. The van der Waals surface area contributed by atoms with Gasteiger partial charge in [0.25, 0.3) is 5.56 Å². The van der Waals surface area contributed by atoms with Crippen molar-refractivity contribution in [1.29, 1.82) is 0 Å². The number of benzene rings is 2. The number of fused-ring (bicyclic) bond motifs is 1. The highest BCUT2D eigenvalue weighted by atomic mass is 35.5. The average Bonchev–Trinajstić information content (AvgIpc) is 3.35. The summed E-state index contributed by atoms with van der Waals surface area (Å²) in [6.45, 7) is -2.90. The summed E-state index contributed by atoms with van der Waals surface area (Å²) in [5, 5.41) is 25.5. The van der Waals surface area contributed by atoms with Gasteiger partial charge in [-0.05, 0) is 48.6 Å². The predicted octanol–water partition coefficient (Wildman–Crippen LogP) is 4.68. The third kappa shape index (κ3) is 6.05. The number of urea groups is 1. The molecule has 2 aromatic carbocycles. The molecule has 1 aromatic heterocycles. The Hall–Kier alpha value is -4.12. The second-order valence-corrected chi connectivity index (χ2v) is 9.09. The van der Waals surface area contributed by atoms with Gasteiger partial charge in [0.2, 0.25) is 0 Å². The molecule has 1 heterocycles. The first kappa shape index (κ1) is 26.9. The summed E-state index contributed by atoms with van der Waals surface area (Å²) in [5.74, 6) is -1.70. The third-order valence-corrected chi connectivity index (χ3v) is 6.58. The largest absolute Gasteiger partial charge is 0.505 e. The standard InChI is InChI=1S/C26H24ClF2N3O6/c27-18-6-2-1-4-15(18)13-32-20-7-3-5-17(20)23(35)22(24(32)36)31-26(37)30-19(12-21(33)34)14-8-10-16(11-9-14)38-25(28)29/h1-2,4,6,8-11,19,25,35H,3,5,7,12-13H2,(H,33,34)(H2,30,31,37)/t19-/m0/s1. The number of aromatic hydroxyl groups is 1. The van der Waals surface area contributed by atoms with Crippen molar-refractivity contribution in [1.82, 2.24) is 9.88 Å². The summed E-state index contributed by atoms with van der Waals surface area (Å²) in [6.07, 6.45) is 1.26. The van der Waals surface area contributed by atoms with Crippen LogP contribution in [0.5, 0.6) is 11.5 Å². The number of carboxylic acid groups (broad SMARTS) is 1. The highest BCUT2D eigenvalue weighted by molar-refractivity contribution is 6.31. The molecule has 0 unspecified atom stereocenters. The van der Waals surface area contributed by atoms with Crippen LogP contribution in [-0.2, 0) is 24.2 Å². The number of nitrogens with one attached hydrogen (secondary N) is 2. The number of rotatable bonds is 9. The van der Waals surface area contributed by atoms with E-state index in [9.17, 15) is 33.4 Å². The molecule has 12 heteroatoms. The summed E-state index contributed by atoms with van der Waals surface area (Å²) >= 11 is 6.29. The van der Waals surface area contributed by atoms with Crippen LogP contribution in [0.4, 0.5) is 19.3 Å². The lowest BCUT2D eigenvalue weighted by Crippen LogP contribution is -2.37. The molecule has 0 aliphatic heterocycles. The zero-order chi connectivity index (χ0) is 27.4. The van der Waals surface area contributed by atoms with Gasteiger partial charge < -0.3 is 30.2 Å². The Morgan fingerprint density at radius 2 is 1.82 bits per heavy atom. The molecular formula is C26H24ClF2N3O6. The SMILES string of the molecule is O=C(O)C[C@H](NC(=O)Nc1c(O)c2c(n(Cc3ccccc3Cl)c1=O)CCC2)c1ccc(OC(F)F)cc1. The highest BCUT2D eigenvalue weighted by Crippen LogP contribution is 2.34. The number of nitrogens with zero attached hydrogens (tertiary/aromatic N) is 1. The van der Waals surface area contributed by atoms with E-state index < -0.39 is 36.6 Å². The molecule has 0 fully saturated rings. The van der Waals surface area contributed by atoms with Crippen LogP contribution in [0.1, 0.15) is 41.3 Å². The van der Waals surface area contributed by atoms with Gasteiger partial charge in [0.15, 0.2) is 5.69 Å². The predicted molar refractivity (Wildman–Crippen MR) is 135 cm³/mol. The highest BCUT2D eigenvalue weighted by Gasteiger charge is 2.27. The maximum atomic E-state index is 13.4. The maximum Gasteiger partial charge on any atom is 0.387 e. The molecule has 0 spiro atoms. The number of aromatic nitrogens is 1. The molecule has 0 bridgehead atoms. The lowest BCUT2D eigenvalue weighted by molar-refractivity contribution is -0.137. The summed E-state index contributed by atoms with van der Waals surface area (Å²) in [7, 11) is 0. The summed E-state index contributed by atoms with van der Waals surface area (Å²) < 4.78 is 30.6. The Bertz CT molecular complexity index is 1410. The van der Waals surface area contributed by atoms with E-state index in [0.717, 1.165) is 0 Å². The van der Waals surface area contributed by atoms with Crippen LogP contribution < -0.4 is 20.9 Å². The average molecular weight is 548 g/mol. The van der Waals surface area contributed by atoms with Crippen LogP contribution in [0.15, 0.2) is 53.3 Å². The van der Waals surface area contributed by atoms with Crippen molar-refractivity contribution in [2.24, 2.45) is 0 Å². The summed E-state index contributed by atoms with van der Waals surface area (Å²) in [4.78, 5) is 37.7. The quantitative estimate of drug-likeness (QED) is 0.308. The number of hydrogen-bond donors (Lipinski definition) is 4. The van der Waals surface area contributed by atoms with Crippen LogP contribution in [0.3, 0.4) is 0 Å². The lowest BCUT2D eigenvalue weighted by atomic mass is 10.0. The van der Waals surface area contributed by atoms with Gasteiger partial charge in [0.05, 0.1) is 19.0 Å². The van der Waals surface area contributed by atoms with Crippen molar-refractivity contribution in [2.75, 3.05) is 5.32 Å². The van der Waals surface area contributed by atoms with E-state index >= 15 is 0 Å². The number of halogens is 3. The van der Waals surface area contributed by atoms with E-state index in [2.05, 4.69) is 15.4 Å². The zero-order valence-electron chi connectivity index (χ0n) is 19.9. The van der Waals surface area contributed by atoms with E-state index in [1.807, 2.05) is 0 Å². The fourth-order valence-corrected chi connectivity index (χ4v) is 4.68. The zero-order valence-corrected chi connectivity index (χ0v) is 20.7. The second kappa shape index (κ2) is 11.5. The Morgan fingerprint density at radius 3 is 2.47 bits per heavy atom. The minimum atomic E-state index is -3.03. The van der Waals surface area contributed by atoms with Crippen LogP contribution in [0.2, 0.25) is 5.02 Å². The van der Waals surface area contributed by atoms with Gasteiger partial charge in [-0.1, -0.05) is 41.9 Å². The van der Waals surface area contributed by atoms with Gasteiger partial charge in [-0.25, -0.2) is 4.79 Å². The first-order chi connectivity index (χ1) is 18.1. The number of carboxylic acids is 1. The minimum Gasteiger partial charge on any atom is -0.505 e. The second-order valence-electron chi connectivity index (χ2n) is 8.68.